The first-order chi connectivity index (χ1) is 13.7. The normalized spacial score (nSPS) is 10.2. The molecule has 0 radical (unpaired) electrons. The van der Waals surface area contributed by atoms with Crippen molar-refractivity contribution >= 4 is 17.4 Å². The van der Waals surface area contributed by atoms with E-state index in [0.717, 1.165) is 11.3 Å². The zero-order valence-electron chi connectivity index (χ0n) is 15.8. The third-order valence-corrected chi connectivity index (χ3v) is 4.09. The molecule has 0 unspecified atom stereocenters. The van der Waals surface area contributed by atoms with Crippen LogP contribution in [0.25, 0.3) is 0 Å². The summed E-state index contributed by atoms with van der Waals surface area (Å²) in [5, 5.41) is 6.02. The predicted octanol–water partition coefficient (Wildman–Crippen LogP) is 3.21. The highest BCUT2D eigenvalue weighted by Gasteiger charge is 2.09. The summed E-state index contributed by atoms with van der Waals surface area (Å²) in [7, 11) is 3.19. The molecule has 144 valence electrons. The summed E-state index contributed by atoms with van der Waals surface area (Å²) in [6.07, 6.45) is 2.03. The minimum Gasteiger partial charge on any atom is -0.493 e. The van der Waals surface area contributed by atoms with E-state index in [2.05, 4.69) is 20.6 Å². The fourth-order valence-electron chi connectivity index (χ4n) is 2.67. The van der Waals surface area contributed by atoms with Gasteiger partial charge in [-0.05, 0) is 36.2 Å². The van der Waals surface area contributed by atoms with Crippen LogP contribution in [0, 0.1) is 0 Å². The maximum Gasteiger partial charge on any atom is 0.270 e. The average molecular weight is 378 g/mol. The first-order valence-corrected chi connectivity index (χ1v) is 8.83. The maximum absolute atomic E-state index is 12.4. The van der Waals surface area contributed by atoms with Crippen LogP contribution >= 0.6 is 0 Å². The van der Waals surface area contributed by atoms with Crippen LogP contribution in [0.1, 0.15) is 16.1 Å². The van der Waals surface area contributed by atoms with Gasteiger partial charge in [-0.15, -0.1) is 0 Å². The van der Waals surface area contributed by atoms with E-state index in [1.54, 1.807) is 20.3 Å². The number of aromatic nitrogens is 2. The van der Waals surface area contributed by atoms with Crippen LogP contribution in [0.4, 0.5) is 11.5 Å². The molecule has 1 aromatic heterocycles. The molecule has 0 saturated carbocycles. The van der Waals surface area contributed by atoms with E-state index in [9.17, 15) is 4.79 Å². The zero-order chi connectivity index (χ0) is 19.8. The second-order valence-electron chi connectivity index (χ2n) is 5.97. The van der Waals surface area contributed by atoms with Crippen LogP contribution in [0.5, 0.6) is 11.5 Å². The molecular formula is C21H22N4O3. The first-order valence-electron chi connectivity index (χ1n) is 8.83. The van der Waals surface area contributed by atoms with Gasteiger partial charge in [0.05, 0.1) is 14.2 Å². The number of carbonyl (C=O) groups is 1. The lowest BCUT2D eigenvalue weighted by molar-refractivity contribution is 0.0949. The van der Waals surface area contributed by atoms with E-state index in [1.165, 1.54) is 6.33 Å². The molecule has 3 aromatic rings. The van der Waals surface area contributed by atoms with Gasteiger partial charge in [0.15, 0.2) is 11.5 Å². The lowest BCUT2D eigenvalue weighted by atomic mass is 10.1. The van der Waals surface area contributed by atoms with Crippen molar-refractivity contribution in [3.8, 4) is 11.5 Å². The fourth-order valence-corrected chi connectivity index (χ4v) is 2.67. The van der Waals surface area contributed by atoms with Gasteiger partial charge in [0.1, 0.15) is 17.8 Å². The summed E-state index contributed by atoms with van der Waals surface area (Å²) < 4.78 is 10.5. The van der Waals surface area contributed by atoms with Crippen LogP contribution in [0.15, 0.2) is 60.9 Å². The molecular weight excluding hydrogens is 356 g/mol. The molecule has 0 spiro atoms. The summed E-state index contributed by atoms with van der Waals surface area (Å²) in [6.45, 7) is 0.472. The van der Waals surface area contributed by atoms with Crippen LogP contribution in [-0.4, -0.2) is 36.6 Å². The topological polar surface area (TPSA) is 85.4 Å². The van der Waals surface area contributed by atoms with Crippen LogP contribution in [-0.2, 0) is 6.42 Å². The second-order valence-corrected chi connectivity index (χ2v) is 5.97. The van der Waals surface area contributed by atoms with Crippen molar-refractivity contribution in [3.05, 3.63) is 72.2 Å². The van der Waals surface area contributed by atoms with Gasteiger partial charge >= 0.3 is 0 Å². The summed E-state index contributed by atoms with van der Waals surface area (Å²) >= 11 is 0. The van der Waals surface area contributed by atoms with Crippen molar-refractivity contribution in [3.63, 3.8) is 0 Å². The van der Waals surface area contributed by atoms with Gasteiger partial charge < -0.3 is 20.1 Å². The Labute approximate surface area is 163 Å². The van der Waals surface area contributed by atoms with Gasteiger partial charge in [-0.2, -0.15) is 0 Å². The van der Waals surface area contributed by atoms with Crippen molar-refractivity contribution in [2.75, 3.05) is 26.1 Å². The largest absolute Gasteiger partial charge is 0.493 e. The van der Waals surface area contributed by atoms with Crippen molar-refractivity contribution in [2.24, 2.45) is 0 Å². The molecule has 0 saturated heterocycles. The van der Waals surface area contributed by atoms with Gasteiger partial charge in [0, 0.05) is 18.3 Å². The Kier molecular flexibility index (Phi) is 6.41. The highest BCUT2D eigenvalue weighted by Crippen LogP contribution is 2.27. The fraction of sp³-hybridized carbons (Fsp3) is 0.190. The number of nitrogens with one attached hydrogen (secondary N) is 2. The molecule has 0 aliphatic heterocycles. The number of hydrogen-bond acceptors (Lipinski definition) is 6. The van der Waals surface area contributed by atoms with E-state index in [-0.39, 0.29) is 5.91 Å². The molecule has 0 aliphatic carbocycles. The summed E-state index contributed by atoms with van der Waals surface area (Å²) in [4.78, 5) is 20.6. The Balaban J connectivity index is 1.57. The van der Waals surface area contributed by atoms with Gasteiger partial charge in [-0.25, -0.2) is 9.97 Å². The van der Waals surface area contributed by atoms with Gasteiger partial charge in [-0.3, -0.25) is 4.79 Å². The van der Waals surface area contributed by atoms with Crippen molar-refractivity contribution in [1.82, 2.24) is 15.3 Å². The molecule has 7 nitrogen and oxygen atoms in total. The van der Waals surface area contributed by atoms with Crippen molar-refractivity contribution < 1.29 is 14.3 Å². The third-order valence-electron chi connectivity index (χ3n) is 4.09. The van der Waals surface area contributed by atoms with Crippen LogP contribution in [0.2, 0.25) is 0 Å². The predicted molar refractivity (Wildman–Crippen MR) is 107 cm³/mol. The molecule has 1 amide bonds. The molecule has 2 N–H and O–H groups in total. The van der Waals surface area contributed by atoms with Gasteiger partial charge in [0.2, 0.25) is 0 Å². The third kappa shape index (κ3) is 4.97. The van der Waals surface area contributed by atoms with Crippen LogP contribution in [0.3, 0.4) is 0 Å². The number of rotatable bonds is 8. The van der Waals surface area contributed by atoms with E-state index < -0.39 is 0 Å². The smallest absolute Gasteiger partial charge is 0.270 e. The molecule has 28 heavy (non-hydrogen) atoms. The zero-order valence-corrected chi connectivity index (χ0v) is 15.8. The number of methoxy groups -OCH3 is 2. The highest BCUT2D eigenvalue weighted by atomic mass is 16.5. The molecule has 0 bridgehead atoms. The Morgan fingerprint density at radius 1 is 0.964 bits per heavy atom. The molecule has 0 fully saturated rings. The lowest BCUT2D eigenvalue weighted by Gasteiger charge is -2.10. The molecule has 7 heteroatoms. The van der Waals surface area contributed by atoms with Crippen LogP contribution < -0.4 is 20.1 Å². The number of anilines is 2. The first kappa shape index (κ1) is 19.2. The molecule has 0 atom stereocenters. The van der Waals surface area contributed by atoms with E-state index in [0.29, 0.717) is 36.0 Å². The maximum atomic E-state index is 12.4. The molecule has 0 aliphatic rings. The quantitative estimate of drug-likeness (QED) is 0.626. The Bertz CT molecular complexity index is 932. The number of ether oxygens (including phenoxy) is 2. The SMILES string of the molecule is COc1ccc(CCNC(=O)c2cc(Nc3ccccc3)ncn2)cc1OC. The molecule has 2 aromatic carbocycles. The number of nitrogens with zero attached hydrogens (tertiary/aromatic N) is 2. The van der Waals surface area contributed by atoms with Crippen molar-refractivity contribution in [2.45, 2.75) is 6.42 Å². The van der Waals surface area contributed by atoms with Gasteiger partial charge in [0.25, 0.3) is 5.91 Å². The van der Waals surface area contributed by atoms with E-state index in [4.69, 9.17) is 9.47 Å². The number of para-hydroxylation sites is 1. The van der Waals surface area contributed by atoms with Gasteiger partial charge in [-0.1, -0.05) is 24.3 Å². The molecule has 3 rings (SSSR count). The molecule has 1 heterocycles. The minimum absolute atomic E-state index is 0.251. The summed E-state index contributed by atoms with van der Waals surface area (Å²) in [5.74, 6) is 1.65. The average Bonchev–Trinajstić information content (AvgIpc) is 2.74. The van der Waals surface area contributed by atoms with Crippen molar-refractivity contribution in [1.29, 1.82) is 0 Å². The number of benzene rings is 2. The Morgan fingerprint density at radius 3 is 2.50 bits per heavy atom. The standard InChI is InChI=1S/C21H22N4O3/c1-27-18-9-8-15(12-19(18)28-2)10-11-22-21(26)17-13-20(24-14-23-17)25-16-6-4-3-5-7-16/h3-9,12-14H,10-11H2,1-2H3,(H,22,26)(H,23,24,25). The lowest BCUT2D eigenvalue weighted by Crippen LogP contribution is -2.26. The van der Waals surface area contributed by atoms with E-state index in [1.807, 2.05) is 48.5 Å². The Hall–Kier alpha value is -3.61. The highest BCUT2D eigenvalue weighted by molar-refractivity contribution is 5.92. The monoisotopic (exact) mass is 378 g/mol. The second kappa shape index (κ2) is 9.36. The summed E-state index contributed by atoms with van der Waals surface area (Å²) in [5.41, 5.74) is 2.23. The number of hydrogen-bond donors (Lipinski definition) is 2. The summed E-state index contributed by atoms with van der Waals surface area (Å²) in [6, 6.07) is 16.9. The van der Waals surface area contributed by atoms with E-state index >= 15 is 0 Å². The number of carbonyl (C=O) groups excluding carboxylic acids is 1. The Morgan fingerprint density at radius 2 is 1.75 bits per heavy atom. The number of amides is 1. The minimum atomic E-state index is -0.251.